The van der Waals surface area contributed by atoms with E-state index in [9.17, 15) is 4.39 Å². The van der Waals surface area contributed by atoms with E-state index < -0.39 is 0 Å². The number of para-hydroxylation sites is 1. The summed E-state index contributed by atoms with van der Waals surface area (Å²) in [4.78, 5) is 4.33. The van der Waals surface area contributed by atoms with Crippen LogP contribution >= 0.6 is 0 Å². The molecule has 21 heavy (non-hydrogen) atoms. The van der Waals surface area contributed by atoms with Gasteiger partial charge in [-0.05, 0) is 25.0 Å². The zero-order valence-electron chi connectivity index (χ0n) is 11.6. The molecule has 0 saturated heterocycles. The molecule has 2 aromatic rings. The van der Waals surface area contributed by atoms with Crippen molar-refractivity contribution in [2.24, 2.45) is 0 Å². The summed E-state index contributed by atoms with van der Waals surface area (Å²) in [7, 11) is 0. The summed E-state index contributed by atoms with van der Waals surface area (Å²) in [5, 5.41) is 10.4. The third-order valence-corrected chi connectivity index (χ3v) is 3.92. The SMILES string of the molecule is N=Cc1nc(Nc2ccccc2F)n(C2CCCC2)c1N. The molecule has 110 valence electrons. The maximum absolute atomic E-state index is 13.8. The van der Waals surface area contributed by atoms with Crippen LogP contribution in [0.1, 0.15) is 37.4 Å². The predicted molar refractivity (Wildman–Crippen MR) is 81.7 cm³/mol. The van der Waals surface area contributed by atoms with Gasteiger partial charge in [-0.25, -0.2) is 9.37 Å². The summed E-state index contributed by atoms with van der Waals surface area (Å²) in [6.07, 6.45) is 5.50. The molecule has 1 fully saturated rings. The zero-order valence-corrected chi connectivity index (χ0v) is 11.6. The van der Waals surface area contributed by atoms with Gasteiger partial charge in [-0.15, -0.1) is 0 Å². The van der Waals surface area contributed by atoms with E-state index >= 15 is 0 Å². The molecule has 0 spiro atoms. The standard InChI is InChI=1S/C15H18FN5/c16-11-7-3-4-8-12(11)19-15-20-13(9-17)14(18)21(15)10-5-1-2-6-10/h3-4,7-10,17H,1-2,5-6,18H2,(H,19,20). The minimum atomic E-state index is -0.339. The fraction of sp³-hybridized carbons (Fsp3) is 0.333. The van der Waals surface area contributed by atoms with Crippen LogP contribution in [0.5, 0.6) is 0 Å². The molecule has 4 N–H and O–H groups in total. The summed E-state index contributed by atoms with van der Waals surface area (Å²) in [5.41, 5.74) is 6.88. The van der Waals surface area contributed by atoms with Crippen LogP contribution in [-0.2, 0) is 0 Å². The topological polar surface area (TPSA) is 79.7 Å². The van der Waals surface area contributed by atoms with Crippen LogP contribution in [-0.4, -0.2) is 15.8 Å². The molecule has 0 bridgehead atoms. The number of imidazole rings is 1. The average Bonchev–Trinajstić information content (AvgIpc) is 3.09. The second-order valence-corrected chi connectivity index (χ2v) is 5.26. The van der Waals surface area contributed by atoms with Crippen molar-refractivity contribution in [1.82, 2.24) is 9.55 Å². The van der Waals surface area contributed by atoms with Gasteiger partial charge in [0.05, 0.1) is 5.69 Å². The van der Waals surface area contributed by atoms with Crippen LogP contribution in [0, 0.1) is 11.2 Å². The van der Waals surface area contributed by atoms with E-state index in [0.717, 1.165) is 31.9 Å². The molecule has 1 saturated carbocycles. The van der Waals surface area contributed by atoms with E-state index in [0.29, 0.717) is 23.1 Å². The first kappa shape index (κ1) is 13.6. The summed E-state index contributed by atoms with van der Waals surface area (Å²) in [6.45, 7) is 0. The number of rotatable bonds is 4. The van der Waals surface area contributed by atoms with E-state index in [2.05, 4.69) is 10.3 Å². The Kier molecular flexibility index (Phi) is 3.60. The molecular weight excluding hydrogens is 269 g/mol. The van der Waals surface area contributed by atoms with Gasteiger partial charge < -0.3 is 16.5 Å². The minimum Gasteiger partial charge on any atom is -0.383 e. The van der Waals surface area contributed by atoms with Crippen LogP contribution in [0.4, 0.5) is 21.8 Å². The summed E-state index contributed by atoms with van der Waals surface area (Å²) in [5.74, 6) is 0.632. The number of nitrogens with zero attached hydrogens (tertiary/aromatic N) is 2. The predicted octanol–water partition coefficient (Wildman–Crippen LogP) is 3.46. The number of hydrogen-bond acceptors (Lipinski definition) is 4. The van der Waals surface area contributed by atoms with Gasteiger partial charge >= 0.3 is 0 Å². The third kappa shape index (κ3) is 2.49. The Morgan fingerprint density at radius 2 is 2.05 bits per heavy atom. The van der Waals surface area contributed by atoms with Crippen molar-refractivity contribution < 1.29 is 4.39 Å². The van der Waals surface area contributed by atoms with Crippen LogP contribution < -0.4 is 11.1 Å². The molecule has 0 aliphatic heterocycles. The lowest BCUT2D eigenvalue weighted by atomic mass is 10.2. The van der Waals surface area contributed by atoms with E-state index in [4.69, 9.17) is 11.1 Å². The van der Waals surface area contributed by atoms with Gasteiger partial charge in [-0.2, -0.15) is 0 Å². The molecule has 1 aromatic heterocycles. The van der Waals surface area contributed by atoms with Gasteiger partial charge in [-0.1, -0.05) is 25.0 Å². The van der Waals surface area contributed by atoms with Crippen molar-refractivity contribution in [2.45, 2.75) is 31.7 Å². The molecule has 0 atom stereocenters. The zero-order chi connectivity index (χ0) is 14.8. The first-order chi connectivity index (χ1) is 10.2. The Bertz CT molecular complexity index is 658. The lowest BCUT2D eigenvalue weighted by molar-refractivity contribution is 0.530. The Balaban J connectivity index is 2.01. The van der Waals surface area contributed by atoms with Crippen molar-refractivity contribution in [3.63, 3.8) is 0 Å². The second kappa shape index (κ2) is 5.55. The van der Waals surface area contributed by atoms with Crippen LogP contribution in [0.15, 0.2) is 24.3 Å². The van der Waals surface area contributed by atoms with Gasteiger partial charge in [0.15, 0.2) is 0 Å². The first-order valence-corrected chi connectivity index (χ1v) is 7.10. The molecule has 5 nitrogen and oxygen atoms in total. The lowest BCUT2D eigenvalue weighted by Gasteiger charge is -2.17. The monoisotopic (exact) mass is 287 g/mol. The lowest BCUT2D eigenvalue weighted by Crippen LogP contribution is -2.12. The van der Waals surface area contributed by atoms with E-state index in [1.165, 1.54) is 6.07 Å². The Labute approximate surface area is 122 Å². The Morgan fingerprint density at radius 1 is 1.33 bits per heavy atom. The number of nitrogens with two attached hydrogens (primary N) is 1. The minimum absolute atomic E-state index is 0.264. The van der Waals surface area contributed by atoms with Crippen LogP contribution in [0.3, 0.4) is 0 Å². The number of benzene rings is 1. The largest absolute Gasteiger partial charge is 0.383 e. The number of aromatic nitrogens is 2. The number of nitrogens with one attached hydrogen (secondary N) is 2. The van der Waals surface area contributed by atoms with Crippen molar-refractivity contribution in [1.29, 1.82) is 5.41 Å². The quantitative estimate of drug-likeness (QED) is 0.753. The molecule has 1 heterocycles. The highest BCUT2D eigenvalue weighted by Crippen LogP contribution is 2.36. The maximum Gasteiger partial charge on any atom is 0.209 e. The van der Waals surface area contributed by atoms with Gasteiger partial charge in [0, 0.05) is 12.3 Å². The molecule has 1 aromatic carbocycles. The summed E-state index contributed by atoms with van der Waals surface area (Å²) < 4.78 is 15.7. The van der Waals surface area contributed by atoms with Crippen molar-refractivity contribution >= 4 is 23.7 Å². The number of anilines is 3. The summed E-state index contributed by atoms with van der Waals surface area (Å²) >= 11 is 0. The van der Waals surface area contributed by atoms with E-state index in [1.807, 2.05) is 4.57 Å². The average molecular weight is 287 g/mol. The smallest absolute Gasteiger partial charge is 0.209 e. The van der Waals surface area contributed by atoms with Gasteiger partial charge in [0.1, 0.15) is 17.3 Å². The normalized spacial score (nSPS) is 15.3. The number of halogens is 1. The molecule has 1 aliphatic carbocycles. The Morgan fingerprint density at radius 3 is 2.71 bits per heavy atom. The van der Waals surface area contributed by atoms with E-state index in [-0.39, 0.29) is 11.9 Å². The van der Waals surface area contributed by atoms with Crippen molar-refractivity contribution in [3.8, 4) is 0 Å². The molecule has 0 unspecified atom stereocenters. The maximum atomic E-state index is 13.8. The first-order valence-electron chi connectivity index (χ1n) is 7.10. The van der Waals surface area contributed by atoms with Crippen LogP contribution in [0.2, 0.25) is 0 Å². The molecule has 6 heteroatoms. The molecule has 0 amide bonds. The third-order valence-electron chi connectivity index (χ3n) is 3.92. The molecular formula is C15H18FN5. The van der Waals surface area contributed by atoms with Crippen molar-refractivity contribution in [2.75, 3.05) is 11.1 Å². The van der Waals surface area contributed by atoms with Crippen molar-refractivity contribution in [3.05, 3.63) is 35.8 Å². The van der Waals surface area contributed by atoms with Gasteiger partial charge in [0.25, 0.3) is 0 Å². The van der Waals surface area contributed by atoms with Crippen LogP contribution in [0.25, 0.3) is 0 Å². The Hall–Kier alpha value is -2.37. The number of hydrogen-bond donors (Lipinski definition) is 3. The van der Waals surface area contributed by atoms with Gasteiger partial charge in [0.2, 0.25) is 5.95 Å². The van der Waals surface area contributed by atoms with Gasteiger partial charge in [-0.3, -0.25) is 4.57 Å². The molecule has 1 aliphatic rings. The highest BCUT2D eigenvalue weighted by molar-refractivity contribution is 5.83. The number of nitrogen functional groups attached to an aromatic ring is 1. The molecule has 3 rings (SSSR count). The fourth-order valence-corrected chi connectivity index (χ4v) is 2.87. The second-order valence-electron chi connectivity index (χ2n) is 5.26. The highest BCUT2D eigenvalue weighted by atomic mass is 19.1. The summed E-state index contributed by atoms with van der Waals surface area (Å²) in [6, 6.07) is 6.71. The fourth-order valence-electron chi connectivity index (χ4n) is 2.87. The molecule has 0 radical (unpaired) electrons. The highest BCUT2D eigenvalue weighted by Gasteiger charge is 2.24. The van der Waals surface area contributed by atoms with E-state index in [1.54, 1.807) is 18.2 Å².